The summed E-state index contributed by atoms with van der Waals surface area (Å²) in [5.74, 6) is 2.64. The lowest BCUT2D eigenvalue weighted by atomic mass is 9.99. The first kappa shape index (κ1) is 56.2. The van der Waals surface area contributed by atoms with Crippen molar-refractivity contribution >= 4 is 193 Å². The number of rotatable bonds is 9. The van der Waals surface area contributed by atoms with Crippen LogP contribution in [0.25, 0.3) is 158 Å². The molecule has 7 nitrogen and oxygen atoms in total. The van der Waals surface area contributed by atoms with Crippen LogP contribution >= 0.6 is 45.3 Å². The largest absolute Gasteiger partial charge is 0.455 e. The Morgan fingerprint density at radius 3 is 1.50 bits per heavy atom. The highest BCUT2D eigenvalue weighted by molar-refractivity contribution is 7.27. The fourth-order valence-electron chi connectivity index (χ4n) is 15.6. The molecule has 0 saturated heterocycles. The minimum absolute atomic E-state index is 0.0605. The molecule has 2 N–H and O–H groups in total. The van der Waals surface area contributed by atoms with Gasteiger partial charge in [0.05, 0.1) is 5.56 Å². The second-order valence-corrected chi connectivity index (χ2v) is 30.4. The number of furan rings is 2. The molecule has 20 aromatic rings. The van der Waals surface area contributed by atoms with E-state index in [1.807, 2.05) is 57.5 Å². The predicted octanol–water partition coefficient (Wildman–Crippen LogP) is 24.8. The van der Waals surface area contributed by atoms with Crippen molar-refractivity contribution in [3.8, 4) is 33.4 Å². The maximum absolute atomic E-state index is 6.86. The Kier molecular flexibility index (Phi) is 12.3. The fourth-order valence-corrected chi connectivity index (χ4v) is 20.4. The van der Waals surface area contributed by atoms with Crippen LogP contribution in [0.1, 0.15) is 40.1 Å². The number of para-hydroxylation sites is 3. The highest BCUT2D eigenvalue weighted by atomic mass is 32.1. The van der Waals surface area contributed by atoms with Gasteiger partial charge < -0.3 is 14.2 Å². The molecule has 0 spiro atoms. The summed E-state index contributed by atoms with van der Waals surface area (Å²) >= 11 is 7.35. The maximum atomic E-state index is 6.86. The molecule has 2 atom stereocenters. The van der Waals surface area contributed by atoms with E-state index in [0.29, 0.717) is 5.84 Å². The molecule has 0 amide bonds. The zero-order valence-corrected chi connectivity index (χ0v) is 56.4. The van der Waals surface area contributed by atoms with Crippen molar-refractivity contribution in [2.24, 2.45) is 9.98 Å². The van der Waals surface area contributed by atoms with Gasteiger partial charge in [0.15, 0.2) is 5.84 Å². The third-order valence-electron chi connectivity index (χ3n) is 20.5. The number of hydrogen-bond donors (Lipinski definition) is 2. The first-order valence-electron chi connectivity index (χ1n) is 33.6. The summed E-state index contributed by atoms with van der Waals surface area (Å²) in [5, 5.41) is 22.2. The van der Waals surface area contributed by atoms with Crippen molar-refractivity contribution in [1.82, 2.24) is 10.6 Å². The summed E-state index contributed by atoms with van der Waals surface area (Å²) in [6.07, 6.45) is -0.403. The summed E-state index contributed by atoms with van der Waals surface area (Å²) in [4.78, 5) is 10.5. The van der Waals surface area contributed by atoms with Gasteiger partial charge in [-0.1, -0.05) is 194 Å². The van der Waals surface area contributed by atoms with Crippen LogP contribution in [-0.2, 0) is 0 Å². The van der Waals surface area contributed by atoms with E-state index in [0.717, 1.165) is 111 Å². The van der Waals surface area contributed by atoms with Gasteiger partial charge in [-0.3, -0.25) is 0 Å². The lowest BCUT2D eigenvalue weighted by molar-refractivity contribution is -0.531. The van der Waals surface area contributed by atoms with Crippen molar-refractivity contribution in [3.63, 3.8) is 0 Å². The molecular weight excluding hydrogens is 1300 g/mol. The molecule has 22 rings (SSSR count). The van der Waals surface area contributed by atoms with E-state index in [-0.39, 0.29) is 12.3 Å². The Morgan fingerprint density at radius 1 is 0.310 bits per heavy atom. The van der Waals surface area contributed by atoms with Gasteiger partial charge in [-0.05, 0) is 119 Å². The highest BCUT2D eigenvalue weighted by Crippen LogP contribution is 2.47. The van der Waals surface area contributed by atoms with E-state index in [4.69, 9.17) is 18.8 Å². The molecule has 0 bridgehead atoms. The first-order valence-corrected chi connectivity index (χ1v) is 36.9. The topological polar surface area (TPSA) is 78.1 Å². The standard InChI is InChI=1S/C89H51N5O2S4/c1-3-14-49(15-4-1)85-90-86(92-87(91-85)71-25-13-24-70-61-19-8-10-27-75(61)100-84(70)71)55-31-38-65-63-36-29-54(44-77(63)98-79(65)46-55)59-21-12-23-69-72-42-51(33-41-74(72)96-83(59)69)52-28-35-62-66-39-32-56(47-80(66)97-76(62)43-52)89-93-88(50-16-5-2-6-17-50)94(89)57-34-40-67-64-37-30-53(45-78(64)99-81(67)48-57)58-20-11-22-68-60-18-7-9-26-73(60)95-82(58)68/h1-48,86,89H,(H,90,91,92)/p+1. The number of benzene rings is 14. The zero-order chi connectivity index (χ0) is 65.3. The molecule has 6 aromatic heterocycles. The first-order chi connectivity index (χ1) is 49.5. The second kappa shape index (κ2) is 21.8. The van der Waals surface area contributed by atoms with Gasteiger partial charge in [-0.15, -0.1) is 45.3 Å². The Hall–Kier alpha value is -11.8. The number of aliphatic imine (C=N–C) groups is 2. The SMILES string of the molecule is c1ccc(C2=NC(c3ccc4c(c3)sc3cc(-c5cccc6c5oc5ccc(-c7ccc8c(c7)sc7cc(C9NC(c%10ccccc%10)=[N+]9c9ccc%10c(c9)sc9cc(-c%11cccc%12c%11oc%11ccccc%11%12)ccc9%10)ccc78)cc56)ccc34)NC(c3cccc4c3sc3ccccc34)=N2)cc1. The van der Waals surface area contributed by atoms with Crippen LogP contribution in [0.5, 0.6) is 0 Å². The van der Waals surface area contributed by atoms with E-state index >= 15 is 0 Å². The van der Waals surface area contributed by atoms with E-state index in [9.17, 15) is 0 Å². The van der Waals surface area contributed by atoms with Gasteiger partial charge in [-0.25, -0.2) is 15.3 Å². The Bertz CT molecular complexity index is 7000. The molecule has 2 unspecified atom stereocenters. The molecule has 2 aliphatic rings. The predicted molar refractivity (Wildman–Crippen MR) is 423 cm³/mol. The van der Waals surface area contributed by atoms with Crippen LogP contribution in [-0.4, -0.2) is 22.1 Å². The molecule has 8 heterocycles. The van der Waals surface area contributed by atoms with Crippen molar-refractivity contribution in [2.45, 2.75) is 12.3 Å². The number of amidine groups is 3. The lowest BCUT2D eigenvalue weighted by Gasteiger charge is -2.29. The average Bonchev–Trinajstić information content (AvgIpc) is 1.43. The Balaban J connectivity index is 0.558. The molecule has 14 aromatic carbocycles. The van der Waals surface area contributed by atoms with Crippen LogP contribution in [0.15, 0.2) is 310 Å². The van der Waals surface area contributed by atoms with Gasteiger partial charge in [0.2, 0.25) is 0 Å². The lowest BCUT2D eigenvalue weighted by Crippen LogP contribution is -2.51. The number of nitrogens with zero attached hydrogens (tertiary/aromatic N) is 3. The number of fused-ring (bicyclic) bond motifs is 18. The van der Waals surface area contributed by atoms with Crippen LogP contribution in [0, 0.1) is 0 Å². The van der Waals surface area contributed by atoms with E-state index in [1.54, 1.807) is 0 Å². The molecule has 0 radical (unpaired) electrons. The quantitative estimate of drug-likeness (QED) is 0.141. The summed E-state index contributed by atoms with van der Waals surface area (Å²) in [7, 11) is 0. The van der Waals surface area contributed by atoms with Crippen LogP contribution < -0.4 is 10.6 Å². The van der Waals surface area contributed by atoms with E-state index in [1.165, 1.54) is 91.8 Å². The molecule has 11 heteroatoms. The summed E-state index contributed by atoms with van der Waals surface area (Å²) in [6.45, 7) is 0. The molecule has 0 fully saturated rings. The Morgan fingerprint density at radius 2 is 0.800 bits per heavy atom. The van der Waals surface area contributed by atoms with Gasteiger partial charge in [0, 0.05) is 136 Å². The fraction of sp³-hybridized carbons (Fsp3) is 0.0225. The molecule has 100 heavy (non-hydrogen) atoms. The number of hydrogen-bond acceptors (Lipinski definition) is 10. The van der Waals surface area contributed by atoms with E-state index < -0.39 is 0 Å². The monoisotopic (exact) mass is 1350 g/mol. The maximum Gasteiger partial charge on any atom is 0.289 e. The normalized spacial score (nSPS) is 15.0. The molecular formula is C89H52N5O2S4+. The third kappa shape index (κ3) is 8.76. The van der Waals surface area contributed by atoms with Crippen molar-refractivity contribution in [3.05, 3.63) is 319 Å². The van der Waals surface area contributed by atoms with Gasteiger partial charge in [0.1, 0.15) is 40.0 Å². The second-order valence-electron chi connectivity index (χ2n) is 26.1. The molecule has 0 aliphatic carbocycles. The van der Waals surface area contributed by atoms with Crippen molar-refractivity contribution < 1.29 is 13.4 Å². The summed E-state index contributed by atoms with van der Waals surface area (Å²) in [6, 6.07) is 106. The van der Waals surface area contributed by atoms with Gasteiger partial charge >= 0.3 is 0 Å². The molecule has 0 saturated carbocycles. The van der Waals surface area contributed by atoms with Crippen LogP contribution in [0.2, 0.25) is 0 Å². The van der Waals surface area contributed by atoms with E-state index in [2.05, 4.69) is 294 Å². The van der Waals surface area contributed by atoms with Crippen LogP contribution in [0.4, 0.5) is 5.69 Å². The third-order valence-corrected chi connectivity index (χ3v) is 25.0. The zero-order valence-electron chi connectivity index (χ0n) is 53.2. The smallest absolute Gasteiger partial charge is 0.289 e. The van der Waals surface area contributed by atoms with Crippen molar-refractivity contribution in [1.29, 1.82) is 0 Å². The minimum Gasteiger partial charge on any atom is -0.455 e. The van der Waals surface area contributed by atoms with Crippen molar-refractivity contribution in [2.75, 3.05) is 0 Å². The number of nitrogens with one attached hydrogen (secondary N) is 2. The van der Waals surface area contributed by atoms with Gasteiger partial charge in [0.25, 0.3) is 12.0 Å². The summed E-state index contributed by atoms with van der Waals surface area (Å²) < 4.78 is 25.8. The van der Waals surface area contributed by atoms with Gasteiger partial charge in [-0.2, -0.15) is 4.58 Å². The molecule has 2 aliphatic heterocycles. The van der Waals surface area contributed by atoms with Crippen LogP contribution in [0.3, 0.4) is 0 Å². The minimum atomic E-state index is -0.342. The Labute approximate surface area is 587 Å². The average molecular weight is 1350 g/mol. The highest BCUT2D eigenvalue weighted by Gasteiger charge is 2.41. The molecule has 468 valence electrons. The number of thiophene rings is 4. The summed E-state index contributed by atoms with van der Waals surface area (Å²) in [5.41, 5.74) is 17.1.